The lowest BCUT2D eigenvalue weighted by Crippen LogP contribution is -2.23. The summed E-state index contributed by atoms with van der Waals surface area (Å²) in [5.74, 6) is -0.0721. The van der Waals surface area contributed by atoms with Gasteiger partial charge in [0, 0.05) is 10.6 Å². The van der Waals surface area contributed by atoms with Crippen LogP contribution in [0.1, 0.15) is 26.6 Å². The van der Waals surface area contributed by atoms with Crippen LogP contribution in [0.3, 0.4) is 0 Å². The normalized spacial score (nSPS) is 10.4. The van der Waals surface area contributed by atoms with E-state index in [0.29, 0.717) is 12.1 Å². The third-order valence-corrected chi connectivity index (χ3v) is 3.23. The Bertz CT molecular complexity index is 468. The lowest BCUT2D eigenvalue weighted by Gasteiger charge is -2.03. The predicted molar refractivity (Wildman–Crippen MR) is 63.6 cm³/mol. The Morgan fingerprint density at radius 1 is 1.56 bits per heavy atom. The standard InChI is InChI=1S/C11H13N3OS/c1-7-10(8(2)14-13-7)11(15)12-6-9-4-3-5-16-9/h3-5H,6H2,1-2H3,(H,12,15)(H,13,14). The summed E-state index contributed by atoms with van der Waals surface area (Å²) < 4.78 is 0. The van der Waals surface area contributed by atoms with Crippen LogP contribution in [0.25, 0.3) is 0 Å². The molecule has 2 aromatic rings. The third kappa shape index (κ3) is 2.14. The number of aryl methyl sites for hydroxylation is 2. The van der Waals surface area contributed by atoms with Crippen LogP contribution >= 0.6 is 11.3 Å². The molecule has 0 radical (unpaired) electrons. The van der Waals surface area contributed by atoms with Crippen molar-refractivity contribution >= 4 is 17.2 Å². The molecule has 0 saturated heterocycles. The Labute approximate surface area is 97.7 Å². The van der Waals surface area contributed by atoms with Gasteiger partial charge in [-0.1, -0.05) is 6.07 Å². The van der Waals surface area contributed by atoms with Crippen LogP contribution in [0.5, 0.6) is 0 Å². The minimum absolute atomic E-state index is 0.0721. The molecule has 0 spiro atoms. The second-order valence-electron chi connectivity index (χ2n) is 3.57. The molecular formula is C11H13N3OS. The zero-order chi connectivity index (χ0) is 11.5. The summed E-state index contributed by atoms with van der Waals surface area (Å²) in [6.45, 7) is 4.24. The maximum atomic E-state index is 11.9. The molecule has 0 bridgehead atoms. The molecule has 1 amide bonds. The first kappa shape index (κ1) is 10.9. The van der Waals surface area contributed by atoms with Crippen LogP contribution in [-0.2, 0) is 6.54 Å². The van der Waals surface area contributed by atoms with Crippen molar-refractivity contribution in [3.8, 4) is 0 Å². The number of carbonyl (C=O) groups excluding carboxylic acids is 1. The molecule has 5 heteroatoms. The quantitative estimate of drug-likeness (QED) is 0.855. The van der Waals surface area contributed by atoms with Gasteiger partial charge in [0.05, 0.1) is 17.8 Å². The summed E-state index contributed by atoms with van der Waals surface area (Å²) >= 11 is 1.63. The van der Waals surface area contributed by atoms with Crippen LogP contribution in [0.4, 0.5) is 0 Å². The number of thiophene rings is 1. The predicted octanol–water partition coefficient (Wildman–Crippen LogP) is 2.02. The Morgan fingerprint density at radius 3 is 2.94 bits per heavy atom. The Kier molecular flexibility index (Phi) is 3.05. The van der Waals surface area contributed by atoms with Crippen molar-refractivity contribution in [2.45, 2.75) is 20.4 Å². The number of amides is 1. The fourth-order valence-electron chi connectivity index (χ4n) is 1.55. The average molecular weight is 235 g/mol. The lowest BCUT2D eigenvalue weighted by molar-refractivity contribution is 0.0950. The maximum absolute atomic E-state index is 11.9. The van der Waals surface area contributed by atoms with Crippen molar-refractivity contribution in [1.82, 2.24) is 15.5 Å². The van der Waals surface area contributed by atoms with E-state index < -0.39 is 0 Å². The number of nitrogens with zero attached hydrogens (tertiary/aromatic N) is 1. The fraction of sp³-hybridized carbons (Fsp3) is 0.273. The van der Waals surface area contributed by atoms with E-state index in [1.807, 2.05) is 31.4 Å². The molecule has 2 rings (SSSR count). The van der Waals surface area contributed by atoms with E-state index in [1.165, 1.54) is 0 Å². The van der Waals surface area contributed by atoms with Crippen molar-refractivity contribution in [3.05, 3.63) is 39.3 Å². The molecule has 0 aliphatic rings. The van der Waals surface area contributed by atoms with Crippen molar-refractivity contribution in [3.63, 3.8) is 0 Å². The van der Waals surface area contributed by atoms with Crippen molar-refractivity contribution in [1.29, 1.82) is 0 Å². The van der Waals surface area contributed by atoms with Gasteiger partial charge in [-0.3, -0.25) is 9.89 Å². The van der Waals surface area contributed by atoms with Crippen LogP contribution in [0, 0.1) is 13.8 Å². The van der Waals surface area contributed by atoms with Gasteiger partial charge in [-0.15, -0.1) is 11.3 Å². The highest BCUT2D eigenvalue weighted by molar-refractivity contribution is 7.09. The Morgan fingerprint density at radius 2 is 2.38 bits per heavy atom. The molecule has 2 N–H and O–H groups in total. The zero-order valence-corrected chi connectivity index (χ0v) is 10.0. The van der Waals surface area contributed by atoms with Crippen molar-refractivity contribution in [2.75, 3.05) is 0 Å². The second-order valence-corrected chi connectivity index (χ2v) is 4.60. The minimum Gasteiger partial charge on any atom is -0.347 e. The van der Waals surface area contributed by atoms with Gasteiger partial charge in [-0.05, 0) is 25.3 Å². The molecule has 2 aromatic heterocycles. The summed E-state index contributed by atoms with van der Waals surface area (Å²) in [5, 5.41) is 11.7. The first-order chi connectivity index (χ1) is 7.68. The van der Waals surface area contributed by atoms with Gasteiger partial charge in [-0.25, -0.2) is 0 Å². The molecule has 2 heterocycles. The number of carbonyl (C=O) groups is 1. The number of aromatic amines is 1. The van der Waals surface area contributed by atoms with Crippen LogP contribution in [0.2, 0.25) is 0 Å². The molecule has 16 heavy (non-hydrogen) atoms. The second kappa shape index (κ2) is 4.49. The summed E-state index contributed by atoms with van der Waals surface area (Å²) in [4.78, 5) is 13.0. The maximum Gasteiger partial charge on any atom is 0.255 e. The highest BCUT2D eigenvalue weighted by Gasteiger charge is 2.14. The van der Waals surface area contributed by atoms with Gasteiger partial charge >= 0.3 is 0 Å². The molecule has 0 aliphatic carbocycles. The number of H-pyrrole nitrogens is 1. The molecular weight excluding hydrogens is 222 g/mol. The largest absolute Gasteiger partial charge is 0.347 e. The highest BCUT2D eigenvalue weighted by Crippen LogP contribution is 2.11. The summed E-state index contributed by atoms with van der Waals surface area (Å²) in [5.41, 5.74) is 2.19. The monoisotopic (exact) mass is 235 g/mol. The van der Waals surface area contributed by atoms with E-state index in [2.05, 4.69) is 15.5 Å². The highest BCUT2D eigenvalue weighted by atomic mass is 32.1. The lowest BCUT2D eigenvalue weighted by atomic mass is 10.2. The van der Waals surface area contributed by atoms with Crippen molar-refractivity contribution in [2.24, 2.45) is 0 Å². The molecule has 0 aromatic carbocycles. The SMILES string of the molecule is Cc1n[nH]c(C)c1C(=O)NCc1cccs1. The fourth-order valence-corrected chi connectivity index (χ4v) is 2.20. The molecule has 0 fully saturated rings. The molecule has 4 nitrogen and oxygen atoms in total. The Hall–Kier alpha value is -1.62. The Balaban J connectivity index is 2.04. The summed E-state index contributed by atoms with van der Waals surface area (Å²) in [6, 6.07) is 3.97. The summed E-state index contributed by atoms with van der Waals surface area (Å²) in [7, 11) is 0. The molecule has 0 saturated carbocycles. The molecule has 0 atom stereocenters. The first-order valence-electron chi connectivity index (χ1n) is 5.00. The van der Waals surface area contributed by atoms with Gasteiger partial charge in [0.2, 0.25) is 0 Å². The molecule has 84 valence electrons. The zero-order valence-electron chi connectivity index (χ0n) is 9.20. The van der Waals surface area contributed by atoms with Crippen LogP contribution in [-0.4, -0.2) is 16.1 Å². The van der Waals surface area contributed by atoms with Gasteiger partial charge in [0.15, 0.2) is 0 Å². The van der Waals surface area contributed by atoms with Gasteiger partial charge in [0.1, 0.15) is 0 Å². The van der Waals surface area contributed by atoms with E-state index in [0.717, 1.165) is 16.3 Å². The molecule has 0 unspecified atom stereocenters. The first-order valence-corrected chi connectivity index (χ1v) is 5.88. The topological polar surface area (TPSA) is 57.8 Å². The molecule has 0 aliphatic heterocycles. The number of aromatic nitrogens is 2. The smallest absolute Gasteiger partial charge is 0.255 e. The van der Waals surface area contributed by atoms with Gasteiger partial charge in [0.25, 0.3) is 5.91 Å². The van der Waals surface area contributed by atoms with Gasteiger partial charge in [-0.2, -0.15) is 5.10 Å². The number of hydrogen-bond acceptors (Lipinski definition) is 3. The van der Waals surface area contributed by atoms with Gasteiger partial charge < -0.3 is 5.32 Å². The van der Waals surface area contributed by atoms with E-state index in [1.54, 1.807) is 11.3 Å². The average Bonchev–Trinajstić information content (AvgIpc) is 2.86. The minimum atomic E-state index is -0.0721. The van der Waals surface area contributed by atoms with E-state index in [-0.39, 0.29) is 5.91 Å². The summed E-state index contributed by atoms with van der Waals surface area (Å²) in [6.07, 6.45) is 0. The number of rotatable bonds is 3. The van der Waals surface area contributed by atoms with E-state index in [9.17, 15) is 4.79 Å². The van der Waals surface area contributed by atoms with E-state index in [4.69, 9.17) is 0 Å². The van der Waals surface area contributed by atoms with Crippen LogP contribution in [0.15, 0.2) is 17.5 Å². The van der Waals surface area contributed by atoms with Crippen molar-refractivity contribution < 1.29 is 4.79 Å². The number of hydrogen-bond donors (Lipinski definition) is 2. The van der Waals surface area contributed by atoms with E-state index >= 15 is 0 Å². The van der Waals surface area contributed by atoms with Crippen LogP contribution < -0.4 is 5.32 Å². The third-order valence-electron chi connectivity index (χ3n) is 2.36. The number of nitrogens with one attached hydrogen (secondary N) is 2.